The Morgan fingerprint density at radius 1 is 1.64 bits per heavy atom. The van der Waals surface area contributed by atoms with Crippen LogP contribution in [-0.2, 0) is 6.42 Å². The first-order chi connectivity index (χ1) is 6.75. The molecule has 0 radical (unpaired) electrons. The zero-order chi connectivity index (χ0) is 9.97. The number of piperidine rings is 1. The Morgan fingerprint density at radius 3 is 3.21 bits per heavy atom. The van der Waals surface area contributed by atoms with Gasteiger partial charge in [0, 0.05) is 19.0 Å². The van der Waals surface area contributed by atoms with Crippen LogP contribution in [0.4, 0.5) is 0 Å². The van der Waals surface area contributed by atoms with Gasteiger partial charge < -0.3 is 15.1 Å². The van der Waals surface area contributed by atoms with Gasteiger partial charge in [-0.2, -0.15) is 0 Å². The van der Waals surface area contributed by atoms with Crippen LogP contribution < -0.4 is 5.73 Å². The normalized spacial score (nSPS) is 29.3. The van der Waals surface area contributed by atoms with E-state index in [0.717, 1.165) is 31.7 Å². The molecule has 1 aromatic heterocycles. The lowest BCUT2D eigenvalue weighted by molar-refractivity contribution is 0.179. The number of hydrogen-bond donors (Lipinski definition) is 1. The van der Waals surface area contributed by atoms with Crippen molar-refractivity contribution in [1.82, 2.24) is 4.90 Å². The lowest BCUT2D eigenvalue weighted by Crippen LogP contribution is -2.46. The standard InChI is InChI=1S/C11H18N2O/c1-13-5-4-11(12)9(8-13)7-10-3-2-6-14-10/h2-3,6,9,11H,4-5,7-8,12H2,1H3. The summed E-state index contributed by atoms with van der Waals surface area (Å²) >= 11 is 0. The van der Waals surface area contributed by atoms with Gasteiger partial charge in [0.2, 0.25) is 0 Å². The molecule has 2 N–H and O–H groups in total. The van der Waals surface area contributed by atoms with E-state index in [0.29, 0.717) is 12.0 Å². The van der Waals surface area contributed by atoms with Gasteiger partial charge in [-0.15, -0.1) is 0 Å². The fourth-order valence-corrected chi connectivity index (χ4v) is 2.14. The number of nitrogens with zero attached hydrogens (tertiary/aromatic N) is 1. The van der Waals surface area contributed by atoms with Crippen LogP contribution in [0.2, 0.25) is 0 Å². The number of furan rings is 1. The van der Waals surface area contributed by atoms with Crippen molar-refractivity contribution in [1.29, 1.82) is 0 Å². The average Bonchev–Trinajstić information content (AvgIpc) is 2.64. The van der Waals surface area contributed by atoms with Gasteiger partial charge in [-0.3, -0.25) is 0 Å². The molecule has 3 heteroatoms. The first-order valence-electron chi connectivity index (χ1n) is 5.22. The van der Waals surface area contributed by atoms with E-state index >= 15 is 0 Å². The van der Waals surface area contributed by atoms with Gasteiger partial charge in [0.25, 0.3) is 0 Å². The summed E-state index contributed by atoms with van der Waals surface area (Å²) < 4.78 is 5.35. The molecule has 2 unspecified atom stereocenters. The largest absolute Gasteiger partial charge is 0.469 e. The second-order valence-electron chi connectivity index (χ2n) is 4.26. The molecule has 0 bridgehead atoms. The molecule has 0 aliphatic carbocycles. The van der Waals surface area contributed by atoms with E-state index in [1.54, 1.807) is 6.26 Å². The minimum Gasteiger partial charge on any atom is -0.469 e. The minimum atomic E-state index is 0.330. The van der Waals surface area contributed by atoms with E-state index in [1.165, 1.54) is 0 Å². The minimum absolute atomic E-state index is 0.330. The molecule has 0 spiro atoms. The molecule has 1 aliphatic rings. The van der Waals surface area contributed by atoms with Crippen LogP contribution in [0.15, 0.2) is 22.8 Å². The summed E-state index contributed by atoms with van der Waals surface area (Å²) in [6, 6.07) is 4.30. The first-order valence-corrected chi connectivity index (χ1v) is 5.22. The first kappa shape index (κ1) is 9.74. The van der Waals surface area contributed by atoms with Crippen LogP contribution in [0, 0.1) is 5.92 Å². The zero-order valence-corrected chi connectivity index (χ0v) is 8.65. The Labute approximate surface area is 84.9 Å². The van der Waals surface area contributed by atoms with E-state index in [9.17, 15) is 0 Å². The Bertz CT molecular complexity index is 271. The van der Waals surface area contributed by atoms with Crippen molar-refractivity contribution in [2.45, 2.75) is 18.9 Å². The maximum Gasteiger partial charge on any atom is 0.104 e. The molecule has 2 atom stereocenters. The van der Waals surface area contributed by atoms with Crippen molar-refractivity contribution in [3.8, 4) is 0 Å². The molecule has 1 fully saturated rings. The van der Waals surface area contributed by atoms with Crippen LogP contribution in [-0.4, -0.2) is 31.1 Å². The molecule has 1 aromatic rings. The predicted molar refractivity (Wildman–Crippen MR) is 56.0 cm³/mol. The molecule has 2 heterocycles. The van der Waals surface area contributed by atoms with E-state index in [-0.39, 0.29) is 0 Å². The monoisotopic (exact) mass is 194 g/mol. The third kappa shape index (κ3) is 2.16. The average molecular weight is 194 g/mol. The molecule has 0 saturated carbocycles. The van der Waals surface area contributed by atoms with Crippen molar-refractivity contribution in [3.63, 3.8) is 0 Å². The summed E-state index contributed by atoms with van der Waals surface area (Å²) in [7, 11) is 2.15. The molecule has 2 rings (SSSR count). The molecule has 1 saturated heterocycles. The van der Waals surface area contributed by atoms with Crippen LogP contribution in [0.5, 0.6) is 0 Å². The summed E-state index contributed by atoms with van der Waals surface area (Å²) in [4.78, 5) is 2.34. The number of nitrogens with two attached hydrogens (primary N) is 1. The fourth-order valence-electron chi connectivity index (χ4n) is 2.14. The van der Waals surface area contributed by atoms with Gasteiger partial charge in [-0.1, -0.05) is 0 Å². The van der Waals surface area contributed by atoms with E-state index < -0.39 is 0 Å². The summed E-state index contributed by atoms with van der Waals surface area (Å²) in [5.74, 6) is 1.60. The smallest absolute Gasteiger partial charge is 0.104 e. The highest BCUT2D eigenvalue weighted by Gasteiger charge is 2.25. The molecule has 0 amide bonds. The lowest BCUT2D eigenvalue weighted by Gasteiger charge is -2.34. The third-order valence-corrected chi connectivity index (χ3v) is 3.04. The van der Waals surface area contributed by atoms with Crippen molar-refractivity contribution in [2.75, 3.05) is 20.1 Å². The summed E-state index contributed by atoms with van der Waals surface area (Å²) in [5.41, 5.74) is 6.09. The summed E-state index contributed by atoms with van der Waals surface area (Å²) in [6.07, 6.45) is 3.80. The van der Waals surface area contributed by atoms with E-state index in [2.05, 4.69) is 11.9 Å². The molecule has 78 valence electrons. The van der Waals surface area contributed by atoms with Crippen molar-refractivity contribution in [2.24, 2.45) is 11.7 Å². The molecular formula is C11H18N2O. The van der Waals surface area contributed by atoms with Crippen molar-refractivity contribution >= 4 is 0 Å². The Hall–Kier alpha value is -0.800. The second kappa shape index (κ2) is 4.15. The van der Waals surface area contributed by atoms with Crippen molar-refractivity contribution in [3.05, 3.63) is 24.2 Å². The highest BCUT2D eigenvalue weighted by Crippen LogP contribution is 2.19. The maximum absolute atomic E-state index is 6.09. The van der Waals surface area contributed by atoms with Gasteiger partial charge in [0.1, 0.15) is 5.76 Å². The third-order valence-electron chi connectivity index (χ3n) is 3.04. The van der Waals surface area contributed by atoms with Crippen LogP contribution in [0.1, 0.15) is 12.2 Å². The topological polar surface area (TPSA) is 42.4 Å². The second-order valence-corrected chi connectivity index (χ2v) is 4.26. The van der Waals surface area contributed by atoms with Gasteiger partial charge in [0.15, 0.2) is 0 Å². The molecule has 3 nitrogen and oxygen atoms in total. The SMILES string of the molecule is CN1CCC(N)C(Cc2ccco2)C1. The van der Waals surface area contributed by atoms with Gasteiger partial charge in [-0.05, 0) is 38.1 Å². The maximum atomic E-state index is 6.09. The van der Waals surface area contributed by atoms with Crippen LogP contribution >= 0.6 is 0 Å². The van der Waals surface area contributed by atoms with Crippen LogP contribution in [0.25, 0.3) is 0 Å². The lowest BCUT2D eigenvalue weighted by atomic mass is 9.89. The highest BCUT2D eigenvalue weighted by molar-refractivity contribution is 5.01. The van der Waals surface area contributed by atoms with Gasteiger partial charge in [-0.25, -0.2) is 0 Å². The van der Waals surface area contributed by atoms with E-state index in [4.69, 9.17) is 10.2 Å². The Balaban J connectivity index is 1.95. The Morgan fingerprint density at radius 2 is 2.50 bits per heavy atom. The highest BCUT2D eigenvalue weighted by atomic mass is 16.3. The zero-order valence-electron chi connectivity index (χ0n) is 8.65. The van der Waals surface area contributed by atoms with Gasteiger partial charge >= 0.3 is 0 Å². The predicted octanol–water partition coefficient (Wildman–Crippen LogP) is 1.10. The molecule has 1 aliphatic heterocycles. The molecule has 0 aromatic carbocycles. The van der Waals surface area contributed by atoms with Gasteiger partial charge in [0.05, 0.1) is 6.26 Å². The fraction of sp³-hybridized carbons (Fsp3) is 0.636. The van der Waals surface area contributed by atoms with E-state index in [1.807, 2.05) is 12.1 Å². The quantitative estimate of drug-likeness (QED) is 0.766. The van der Waals surface area contributed by atoms with Crippen molar-refractivity contribution < 1.29 is 4.42 Å². The summed E-state index contributed by atoms with van der Waals surface area (Å²) in [6.45, 7) is 2.21. The Kier molecular flexibility index (Phi) is 2.89. The number of rotatable bonds is 2. The number of hydrogen-bond acceptors (Lipinski definition) is 3. The summed E-state index contributed by atoms with van der Waals surface area (Å²) in [5, 5.41) is 0. The van der Waals surface area contributed by atoms with Crippen LogP contribution in [0.3, 0.4) is 0 Å². The number of likely N-dealkylation sites (tertiary alicyclic amines) is 1. The molecular weight excluding hydrogens is 176 g/mol. The molecule has 14 heavy (non-hydrogen) atoms.